The number of halogens is 1. The highest BCUT2D eigenvalue weighted by Gasteiger charge is 2.29. The zero-order valence-electron chi connectivity index (χ0n) is 13.0. The van der Waals surface area contributed by atoms with E-state index in [0.717, 1.165) is 5.57 Å². The number of thiocarbonyl (C=S) groups is 1. The maximum absolute atomic E-state index is 12.6. The number of rotatable bonds is 4. The SMILES string of the molecule is C=C(C)CNC(=S)N1CCN(S(=O)(=O)c2ccc(Cl)cc2)CC1. The van der Waals surface area contributed by atoms with E-state index in [1.54, 1.807) is 12.1 Å². The lowest BCUT2D eigenvalue weighted by Crippen LogP contribution is -2.53. The van der Waals surface area contributed by atoms with Crippen molar-refractivity contribution in [2.45, 2.75) is 11.8 Å². The van der Waals surface area contributed by atoms with E-state index in [1.807, 2.05) is 11.8 Å². The summed E-state index contributed by atoms with van der Waals surface area (Å²) in [5.74, 6) is 0. The second-order valence-electron chi connectivity index (χ2n) is 5.46. The molecule has 1 aromatic carbocycles. The van der Waals surface area contributed by atoms with Gasteiger partial charge >= 0.3 is 0 Å². The molecule has 5 nitrogen and oxygen atoms in total. The number of piperazine rings is 1. The smallest absolute Gasteiger partial charge is 0.243 e. The van der Waals surface area contributed by atoms with Crippen LogP contribution in [-0.4, -0.2) is 55.5 Å². The summed E-state index contributed by atoms with van der Waals surface area (Å²) in [6.45, 7) is 8.30. The van der Waals surface area contributed by atoms with Crippen LogP contribution in [0, 0.1) is 0 Å². The number of nitrogens with zero attached hydrogens (tertiary/aromatic N) is 2. The van der Waals surface area contributed by atoms with Gasteiger partial charge in [-0.1, -0.05) is 23.8 Å². The van der Waals surface area contributed by atoms with E-state index in [4.69, 9.17) is 23.8 Å². The van der Waals surface area contributed by atoms with Crippen LogP contribution in [0.25, 0.3) is 0 Å². The highest BCUT2D eigenvalue weighted by Crippen LogP contribution is 2.19. The molecule has 0 aromatic heterocycles. The van der Waals surface area contributed by atoms with E-state index in [2.05, 4.69) is 11.9 Å². The maximum Gasteiger partial charge on any atom is 0.243 e. The minimum absolute atomic E-state index is 0.262. The van der Waals surface area contributed by atoms with Gasteiger partial charge in [-0.25, -0.2) is 8.42 Å². The lowest BCUT2D eigenvalue weighted by atomic mass is 10.3. The molecule has 1 fully saturated rings. The normalized spacial score (nSPS) is 16.2. The van der Waals surface area contributed by atoms with Crippen LogP contribution in [0.5, 0.6) is 0 Å². The van der Waals surface area contributed by atoms with Crippen molar-refractivity contribution in [3.8, 4) is 0 Å². The first kappa shape index (κ1) is 18.2. The molecule has 2 rings (SSSR count). The van der Waals surface area contributed by atoms with Gasteiger partial charge in [-0.2, -0.15) is 4.31 Å². The Morgan fingerprint density at radius 1 is 1.26 bits per heavy atom. The molecule has 1 aromatic rings. The average molecular weight is 374 g/mol. The van der Waals surface area contributed by atoms with Gasteiger partial charge in [0.2, 0.25) is 10.0 Å². The molecule has 0 bridgehead atoms. The molecule has 0 spiro atoms. The highest BCUT2D eigenvalue weighted by atomic mass is 35.5. The fraction of sp³-hybridized carbons (Fsp3) is 0.400. The van der Waals surface area contributed by atoms with E-state index in [9.17, 15) is 8.42 Å². The van der Waals surface area contributed by atoms with Gasteiger partial charge in [-0.3, -0.25) is 0 Å². The zero-order chi connectivity index (χ0) is 17.0. The van der Waals surface area contributed by atoms with Crippen molar-refractivity contribution in [3.05, 3.63) is 41.4 Å². The van der Waals surface area contributed by atoms with Gasteiger partial charge < -0.3 is 10.2 Å². The standard InChI is InChI=1S/C15H20ClN3O2S2/c1-12(2)11-17-15(22)18-7-9-19(10-8-18)23(20,21)14-5-3-13(16)4-6-14/h3-6H,1,7-11H2,2H3,(H,17,22). The lowest BCUT2D eigenvalue weighted by molar-refractivity contribution is 0.264. The van der Waals surface area contributed by atoms with Crippen LogP contribution in [-0.2, 0) is 10.0 Å². The van der Waals surface area contributed by atoms with Crippen molar-refractivity contribution < 1.29 is 8.42 Å². The van der Waals surface area contributed by atoms with Gasteiger partial charge in [0.05, 0.1) is 4.90 Å². The molecule has 0 unspecified atom stereocenters. The molecule has 1 saturated heterocycles. The summed E-state index contributed by atoms with van der Waals surface area (Å²) in [6.07, 6.45) is 0. The first-order valence-corrected chi connectivity index (χ1v) is 9.46. The molecule has 1 N–H and O–H groups in total. The Balaban J connectivity index is 1.97. The fourth-order valence-corrected chi connectivity index (χ4v) is 4.03. The summed E-state index contributed by atoms with van der Waals surface area (Å²) in [6, 6.07) is 6.23. The van der Waals surface area contributed by atoms with Gasteiger partial charge in [0.15, 0.2) is 5.11 Å². The number of nitrogens with one attached hydrogen (secondary N) is 1. The molecular formula is C15H20ClN3O2S2. The van der Waals surface area contributed by atoms with Crippen molar-refractivity contribution in [3.63, 3.8) is 0 Å². The number of hydrogen-bond acceptors (Lipinski definition) is 3. The van der Waals surface area contributed by atoms with Gasteiger partial charge in [-0.15, -0.1) is 0 Å². The van der Waals surface area contributed by atoms with Crippen LogP contribution < -0.4 is 5.32 Å². The molecule has 0 atom stereocenters. The lowest BCUT2D eigenvalue weighted by Gasteiger charge is -2.35. The summed E-state index contributed by atoms with van der Waals surface area (Å²) in [7, 11) is -3.48. The highest BCUT2D eigenvalue weighted by molar-refractivity contribution is 7.89. The van der Waals surface area contributed by atoms with Crippen LogP contribution >= 0.6 is 23.8 Å². The molecular weight excluding hydrogens is 354 g/mol. The van der Waals surface area contributed by atoms with Gasteiger partial charge in [0, 0.05) is 37.7 Å². The maximum atomic E-state index is 12.6. The second-order valence-corrected chi connectivity index (χ2v) is 8.22. The Labute approximate surface area is 148 Å². The van der Waals surface area contributed by atoms with Crippen molar-refractivity contribution in [2.75, 3.05) is 32.7 Å². The van der Waals surface area contributed by atoms with Crippen molar-refractivity contribution in [2.24, 2.45) is 0 Å². The monoisotopic (exact) mass is 373 g/mol. The van der Waals surface area contributed by atoms with Gasteiger partial charge in [0.25, 0.3) is 0 Å². The first-order valence-electron chi connectivity index (χ1n) is 7.23. The Hall–Kier alpha value is -1.15. The predicted octanol–water partition coefficient (Wildman–Crippen LogP) is 2.10. The minimum Gasteiger partial charge on any atom is -0.359 e. The Morgan fingerprint density at radius 3 is 2.35 bits per heavy atom. The summed E-state index contributed by atoms with van der Waals surface area (Å²) in [5.41, 5.74) is 0.997. The van der Waals surface area contributed by atoms with Crippen molar-refractivity contribution in [1.29, 1.82) is 0 Å². The number of hydrogen-bond donors (Lipinski definition) is 1. The summed E-state index contributed by atoms with van der Waals surface area (Å²) in [5, 5.41) is 4.27. The van der Waals surface area contributed by atoms with Gasteiger partial charge in [0.1, 0.15) is 0 Å². The third-order valence-electron chi connectivity index (χ3n) is 3.52. The largest absolute Gasteiger partial charge is 0.359 e. The van der Waals surface area contributed by atoms with Crippen LogP contribution in [0.2, 0.25) is 5.02 Å². The number of benzene rings is 1. The zero-order valence-corrected chi connectivity index (χ0v) is 15.3. The summed E-state index contributed by atoms with van der Waals surface area (Å²) < 4.78 is 26.7. The molecule has 0 saturated carbocycles. The Kier molecular flexibility index (Phi) is 6.02. The van der Waals surface area contributed by atoms with E-state index in [0.29, 0.717) is 42.9 Å². The molecule has 1 aliphatic heterocycles. The fourth-order valence-electron chi connectivity index (χ4n) is 2.23. The molecule has 1 aliphatic rings. The molecule has 126 valence electrons. The van der Waals surface area contributed by atoms with E-state index in [1.165, 1.54) is 16.4 Å². The van der Waals surface area contributed by atoms with Crippen LogP contribution in [0.3, 0.4) is 0 Å². The molecule has 8 heteroatoms. The average Bonchev–Trinajstić information content (AvgIpc) is 2.53. The van der Waals surface area contributed by atoms with Gasteiger partial charge in [-0.05, 0) is 43.4 Å². The summed E-state index contributed by atoms with van der Waals surface area (Å²) >= 11 is 11.1. The summed E-state index contributed by atoms with van der Waals surface area (Å²) in [4.78, 5) is 2.24. The molecule has 23 heavy (non-hydrogen) atoms. The first-order chi connectivity index (χ1) is 10.8. The van der Waals surface area contributed by atoms with E-state index in [-0.39, 0.29) is 4.90 Å². The van der Waals surface area contributed by atoms with E-state index < -0.39 is 10.0 Å². The molecule has 0 radical (unpaired) electrons. The predicted molar refractivity (Wildman–Crippen MR) is 97.2 cm³/mol. The number of sulfonamides is 1. The third-order valence-corrected chi connectivity index (χ3v) is 6.09. The van der Waals surface area contributed by atoms with Crippen LogP contribution in [0.1, 0.15) is 6.92 Å². The molecule has 1 heterocycles. The molecule has 0 aliphatic carbocycles. The quantitative estimate of drug-likeness (QED) is 0.647. The minimum atomic E-state index is -3.48. The topological polar surface area (TPSA) is 52.6 Å². The Bertz CT molecular complexity index is 681. The van der Waals surface area contributed by atoms with E-state index >= 15 is 0 Å². The van der Waals surface area contributed by atoms with Crippen molar-refractivity contribution >= 4 is 39.0 Å². The van der Waals surface area contributed by atoms with Crippen LogP contribution in [0.15, 0.2) is 41.3 Å². The third kappa shape index (κ3) is 4.67. The van der Waals surface area contributed by atoms with Crippen molar-refractivity contribution in [1.82, 2.24) is 14.5 Å². The Morgan fingerprint density at radius 2 is 1.83 bits per heavy atom. The second kappa shape index (κ2) is 7.61. The molecule has 0 amide bonds. The van der Waals surface area contributed by atoms with Crippen LogP contribution in [0.4, 0.5) is 0 Å².